The molecule has 1 heterocycles. The molecule has 0 spiro atoms. The summed E-state index contributed by atoms with van der Waals surface area (Å²) < 4.78 is 0. The molecule has 0 aliphatic heterocycles. The maximum absolute atomic E-state index is 8.93. The summed E-state index contributed by atoms with van der Waals surface area (Å²) in [5.41, 5.74) is 1.66. The predicted molar refractivity (Wildman–Crippen MR) is 60.8 cm³/mol. The zero-order valence-electron chi connectivity index (χ0n) is 9.11. The van der Waals surface area contributed by atoms with Crippen LogP contribution in [0.25, 0.3) is 0 Å². The van der Waals surface area contributed by atoms with Gasteiger partial charge in [-0.05, 0) is 36.8 Å². The highest BCUT2D eigenvalue weighted by molar-refractivity contribution is 5.43. The van der Waals surface area contributed by atoms with Gasteiger partial charge in [0.25, 0.3) is 0 Å². The standard InChI is InChI=1S/C12H15N3O/c13-7-10-1-2-11(8-14-10)15-9-12(3-4-12)5-6-16/h1-2,8,15-16H,3-6,9H2. The van der Waals surface area contributed by atoms with E-state index in [1.165, 1.54) is 12.8 Å². The van der Waals surface area contributed by atoms with Crippen molar-refractivity contribution in [3.63, 3.8) is 0 Å². The fourth-order valence-corrected chi connectivity index (χ4v) is 1.78. The molecule has 1 aromatic rings. The van der Waals surface area contributed by atoms with E-state index < -0.39 is 0 Å². The monoisotopic (exact) mass is 217 g/mol. The van der Waals surface area contributed by atoms with Crippen molar-refractivity contribution in [2.45, 2.75) is 19.3 Å². The maximum Gasteiger partial charge on any atom is 0.140 e. The van der Waals surface area contributed by atoms with Crippen LogP contribution in [0.5, 0.6) is 0 Å². The van der Waals surface area contributed by atoms with Gasteiger partial charge in [0.1, 0.15) is 11.8 Å². The third-order valence-electron chi connectivity index (χ3n) is 3.14. The van der Waals surface area contributed by atoms with Gasteiger partial charge in [0.2, 0.25) is 0 Å². The molecular weight excluding hydrogens is 202 g/mol. The first-order chi connectivity index (χ1) is 7.78. The van der Waals surface area contributed by atoms with Crippen molar-refractivity contribution in [3.05, 3.63) is 24.0 Å². The number of pyridine rings is 1. The van der Waals surface area contributed by atoms with Gasteiger partial charge in [-0.3, -0.25) is 0 Å². The summed E-state index contributed by atoms with van der Waals surface area (Å²) >= 11 is 0. The zero-order valence-corrected chi connectivity index (χ0v) is 9.11. The van der Waals surface area contributed by atoms with Crippen LogP contribution in [0.3, 0.4) is 0 Å². The van der Waals surface area contributed by atoms with Crippen LogP contribution in [0.15, 0.2) is 18.3 Å². The Balaban J connectivity index is 1.88. The highest BCUT2D eigenvalue weighted by Gasteiger charge is 2.41. The van der Waals surface area contributed by atoms with Crippen LogP contribution in [-0.2, 0) is 0 Å². The summed E-state index contributed by atoms with van der Waals surface area (Å²) in [5.74, 6) is 0. The third kappa shape index (κ3) is 2.50. The summed E-state index contributed by atoms with van der Waals surface area (Å²) in [6.07, 6.45) is 4.91. The number of rotatable bonds is 5. The number of aliphatic hydroxyl groups excluding tert-OH is 1. The first kappa shape index (κ1) is 10.9. The number of nitrogens with zero attached hydrogens (tertiary/aromatic N) is 2. The van der Waals surface area contributed by atoms with Gasteiger partial charge in [-0.25, -0.2) is 4.98 Å². The van der Waals surface area contributed by atoms with E-state index >= 15 is 0 Å². The van der Waals surface area contributed by atoms with Crippen molar-refractivity contribution in [2.24, 2.45) is 5.41 Å². The smallest absolute Gasteiger partial charge is 0.140 e. The second kappa shape index (κ2) is 4.50. The molecule has 0 aromatic carbocycles. The molecule has 1 saturated carbocycles. The van der Waals surface area contributed by atoms with E-state index in [0.717, 1.165) is 18.7 Å². The first-order valence-corrected chi connectivity index (χ1v) is 5.49. The third-order valence-corrected chi connectivity index (χ3v) is 3.14. The minimum Gasteiger partial charge on any atom is -0.396 e. The van der Waals surface area contributed by atoms with Gasteiger partial charge in [-0.2, -0.15) is 5.26 Å². The van der Waals surface area contributed by atoms with E-state index in [0.29, 0.717) is 11.1 Å². The topological polar surface area (TPSA) is 68.9 Å². The normalized spacial score (nSPS) is 16.5. The van der Waals surface area contributed by atoms with Gasteiger partial charge >= 0.3 is 0 Å². The number of nitriles is 1. The number of nitrogens with one attached hydrogen (secondary N) is 1. The fraction of sp³-hybridized carbons (Fsp3) is 0.500. The molecule has 16 heavy (non-hydrogen) atoms. The van der Waals surface area contributed by atoms with E-state index in [4.69, 9.17) is 10.4 Å². The Morgan fingerprint density at radius 3 is 2.81 bits per heavy atom. The molecule has 0 radical (unpaired) electrons. The zero-order chi connectivity index (χ0) is 11.4. The van der Waals surface area contributed by atoms with E-state index in [-0.39, 0.29) is 6.61 Å². The van der Waals surface area contributed by atoms with E-state index in [1.54, 1.807) is 12.3 Å². The lowest BCUT2D eigenvalue weighted by Gasteiger charge is -2.15. The molecule has 1 aromatic heterocycles. The molecule has 0 atom stereocenters. The molecule has 1 aliphatic rings. The van der Waals surface area contributed by atoms with Crippen LogP contribution < -0.4 is 5.32 Å². The lowest BCUT2D eigenvalue weighted by atomic mass is 10.0. The van der Waals surface area contributed by atoms with Crippen LogP contribution in [-0.4, -0.2) is 23.2 Å². The van der Waals surface area contributed by atoms with E-state index in [9.17, 15) is 0 Å². The summed E-state index contributed by atoms with van der Waals surface area (Å²) in [7, 11) is 0. The summed E-state index contributed by atoms with van der Waals surface area (Å²) in [5, 5.41) is 20.8. The van der Waals surface area contributed by atoms with Gasteiger partial charge in [-0.1, -0.05) is 0 Å². The van der Waals surface area contributed by atoms with Crippen molar-refractivity contribution in [2.75, 3.05) is 18.5 Å². The van der Waals surface area contributed by atoms with Gasteiger partial charge in [0, 0.05) is 13.2 Å². The molecule has 0 unspecified atom stereocenters. The lowest BCUT2D eigenvalue weighted by Crippen LogP contribution is -2.16. The lowest BCUT2D eigenvalue weighted by molar-refractivity contribution is 0.253. The van der Waals surface area contributed by atoms with E-state index in [2.05, 4.69) is 10.3 Å². The molecule has 0 amide bonds. The van der Waals surface area contributed by atoms with Gasteiger partial charge in [0.15, 0.2) is 0 Å². The molecule has 1 aliphatic carbocycles. The Hall–Kier alpha value is -1.60. The molecular formula is C12H15N3O. The van der Waals surface area contributed by atoms with Crippen molar-refractivity contribution in [3.8, 4) is 6.07 Å². The number of hydrogen-bond acceptors (Lipinski definition) is 4. The van der Waals surface area contributed by atoms with Crippen molar-refractivity contribution < 1.29 is 5.11 Å². The average molecular weight is 217 g/mol. The van der Waals surface area contributed by atoms with Crippen molar-refractivity contribution in [1.29, 1.82) is 5.26 Å². The highest BCUT2D eigenvalue weighted by Crippen LogP contribution is 2.48. The minimum atomic E-state index is 0.257. The quantitative estimate of drug-likeness (QED) is 0.784. The molecule has 2 N–H and O–H groups in total. The van der Waals surface area contributed by atoms with Gasteiger partial charge < -0.3 is 10.4 Å². The molecule has 4 nitrogen and oxygen atoms in total. The number of anilines is 1. The molecule has 0 saturated heterocycles. The molecule has 4 heteroatoms. The van der Waals surface area contributed by atoms with Crippen molar-refractivity contribution >= 4 is 5.69 Å². The Morgan fingerprint density at radius 1 is 1.50 bits per heavy atom. The number of hydrogen-bond donors (Lipinski definition) is 2. The predicted octanol–water partition coefficient (Wildman–Crippen LogP) is 1.53. The maximum atomic E-state index is 8.93. The molecule has 0 bridgehead atoms. The SMILES string of the molecule is N#Cc1ccc(NCC2(CCO)CC2)cn1. The van der Waals surface area contributed by atoms with Crippen LogP contribution in [0.4, 0.5) is 5.69 Å². The Labute approximate surface area is 94.9 Å². The minimum absolute atomic E-state index is 0.257. The molecule has 1 fully saturated rings. The van der Waals surface area contributed by atoms with Crippen LogP contribution in [0.1, 0.15) is 25.0 Å². The Morgan fingerprint density at radius 2 is 2.31 bits per heavy atom. The van der Waals surface area contributed by atoms with Crippen LogP contribution in [0, 0.1) is 16.7 Å². The van der Waals surface area contributed by atoms with Gasteiger partial charge in [0.05, 0.1) is 11.9 Å². The second-order valence-electron chi connectivity index (χ2n) is 4.37. The first-order valence-electron chi connectivity index (χ1n) is 5.49. The Bertz CT molecular complexity index is 390. The molecule has 2 rings (SSSR count). The highest BCUT2D eigenvalue weighted by atomic mass is 16.3. The summed E-state index contributed by atoms with van der Waals surface area (Å²) in [6, 6.07) is 5.55. The largest absolute Gasteiger partial charge is 0.396 e. The average Bonchev–Trinajstić information content (AvgIpc) is 3.08. The summed E-state index contributed by atoms with van der Waals surface area (Å²) in [4.78, 5) is 3.99. The van der Waals surface area contributed by atoms with Crippen molar-refractivity contribution in [1.82, 2.24) is 4.98 Å². The number of aromatic nitrogens is 1. The molecule has 84 valence electrons. The van der Waals surface area contributed by atoms with E-state index in [1.807, 2.05) is 12.1 Å². The Kier molecular flexibility index (Phi) is 3.07. The van der Waals surface area contributed by atoms with Crippen LogP contribution >= 0.6 is 0 Å². The number of aliphatic hydroxyl groups is 1. The second-order valence-corrected chi connectivity index (χ2v) is 4.37. The van der Waals surface area contributed by atoms with Crippen LogP contribution in [0.2, 0.25) is 0 Å². The summed E-state index contributed by atoms with van der Waals surface area (Å²) in [6.45, 7) is 1.13. The van der Waals surface area contributed by atoms with Gasteiger partial charge in [-0.15, -0.1) is 0 Å². The fourth-order valence-electron chi connectivity index (χ4n) is 1.78.